The summed E-state index contributed by atoms with van der Waals surface area (Å²) in [5.74, 6) is 0. The first-order valence-electron chi connectivity index (χ1n) is 5.31. The van der Waals surface area contributed by atoms with Crippen molar-refractivity contribution in [3.63, 3.8) is 0 Å². The monoisotopic (exact) mass is 235 g/mol. The molecule has 0 aromatic carbocycles. The molecule has 0 aliphatic carbocycles. The number of hydrogen-bond donors (Lipinski definition) is 1. The van der Waals surface area contributed by atoms with Crippen LogP contribution in [0.1, 0.15) is 19.3 Å². The third-order valence-corrected chi connectivity index (χ3v) is 2.14. The van der Waals surface area contributed by atoms with Crippen molar-refractivity contribution < 1.29 is 13.2 Å². The predicted molar refractivity (Wildman–Crippen MR) is 55.0 cm³/mol. The lowest BCUT2D eigenvalue weighted by molar-refractivity contribution is -0.135. The van der Waals surface area contributed by atoms with E-state index in [0.29, 0.717) is 6.54 Å². The van der Waals surface area contributed by atoms with Gasteiger partial charge >= 0.3 is 6.18 Å². The molecule has 3 nitrogen and oxygen atoms in total. The highest BCUT2D eigenvalue weighted by Gasteiger charge is 2.25. The fourth-order valence-electron chi connectivity index (χ4n) is 1.34. The molecule has 0 saturated carbocycles. The van der Waals surface area contributed by atoms with Gasteiger partial charge in [-0.25, -0.2) is 4.98 Å². The van der Waals surface area contributed by atoms with Gasteiger partial charge in [-0.15, -0.1) is 0 Å². The molecule has 0 amide bonds. The molecule has 16 heavy (non-hydrogen) atoms. The number of aryl methyl sites for hydroxylation is 1. The minimum absolute atomic E-state index is 0.147. The maximum atomic E-state index is 11.8. The number of alkyl halides is 3. The highest BCUT2D eigenvalue weighted by molar-refractivity contribution is 4.73. The summed E-state index contributed by atoms with van der Waals surface area (Å²) in [6.07, 6.45) is 1.60. The van der Waals surface area contributed by atoms with Crippen molar-refractivity contribution in [2.45, 2.75) is 32.0 Å². The van der Waals surface area contributed by atoms with Crippen LogP contribution < -0.4 is 5.32 Å². The molecule has 1 aromatic rings. The van der Waals surface area contributed by atoms with Crippen molar-refractivity contribution in [1.29, 1.82) is 0 Å². The third-order valence-electron chi connectivity index (χ3n) is 2.14. The van der Waals surface area contributed by atoms with Crippen molar-refractivity contribution in [1.82, 2.24) is 14.9 Å². The Bertz CT molecular complexity index is 269. The lowest BCUT2D eigenvalue weighted by Crippen LogP contribution is -2.20. The second-order valence-electron chi connectivity index (χ2n) is 3.62. The summed E-state index contributed by atoms with van der Waals surface area (Å²) in [6.45, 7) is 1.99. The Morgan fingerprint density at radius 3 is 2.56 bits per heavy atom. The van der Waals surface area contributed by atoms with E-state index >= 15 is 0 Å². The molecule has 1 heterocycles. The summed E-state index contributed by atoms with van der Waals surface area (Å²) in [7, 11) is 0. The smallest absolute Gasteiger partial charge is 0.337 e. The Morgan fingerprint density at radius 2 is 1.94 bits per heavy atom. The molecule has 0 aliphatic heterocycles. The molecule has 6 heteroatoms. The Labute approximate surface area is 92.7 Å². The molecular formula is C10H16F3N3. The van der Waals surface area contributed by atoms with Gasteiger partial charge in [-0.3, -0.25) is 0 Å². The first-order chi connectivity index (χ1) is 7.58. The van der Waals surface area contributed by atoms with Crippen LogP contribution in [0.3, 0.4) is 0 Å². The maximum Gasteiger partial charge on any atom is 0.389 e. The first-order valence-corrected chi connectivity index (χ1v) is 5.31. The van der Waals surface area contributed by atoms with Crippen LogP contribution >= 0.6 is 0 Å². The number of imidazole rings is 1. The molecule has 1 rings (SSSR count). The molecule has 92 valence electrons. The Kier molecular flexibility index (Phi) is 5.31. The topological polar surface area (TPSA) is 29.9 Å². The Morgan fingerprint density at radius 1 is 1.19 bits per heavy atom. The summed E-state index contributed by atoms with van der Waals surface area (Å²) < 4.78 is 37.3. The van der Waals surface area contributed by atoms with Gasteiger partial charge in [0.2, 0.25) is 0 Å². The molecule has 0 saturated heterocycles. The minimum atomic E-state index is -4.03. The number of hydrogen-bond acceptors (Lipinski definition) is 2. The molecule has 0 fully saturated rings. The van der Waals surface area contributed by atoms with Gasteiger partial charge in [0.15, 0.2) is 0 Å². The van der Waals surface area contributed by atoms with Crippen LogP contribution in [0.5, 0.6) is 0 Å². The second kappa shape index (κ2) is 6.52. The van der Waals surface area contributed by atoms with Crippen LogP contribution in [-0.4, -0.2) is 28.8 Å². The van der Waals surface area contributed by atoms with Crippen molar-refractivity contribution in [2.24, 2.45) is 0 Å². The Balaban J connectivity index is 1.89. The van der Waals surface area contributed by atoms with Crippen molar-refractivity contribution in [3.8, 4) is 0 Å². The first kappa shape index (κ1) is 13.0. The van der Waals surface area contributed by atoms with E-state index in [1.165, 1.54) is 0 Å². The standard InChI is InChI=1S/C10H16F3N3/c11-10(12,13)3-1-4-14-5-2-7-16-8-6-15-9-16/h6,8-9,14H,1-5,7H2. The second-order valence-corrected chi connectivity index (χ2v) is 3.62. The fraction of sp³-hybridized carbons (Fsp3) is 0.700. The Hall–Kier alpha value is -1.04. The van der Waals surface area contributed by atoms with Crippen LogP contribution in [0, 0.1) is 0 Å². The summed E-state index contributed by atoms with van der Waals surface area (Å²) in [4.78, 5) is 3.90. The number of nitrogens with zero attached hydrogens (tertiary/aromatic N) is 2. The quantitative estimate of drug-likeness (QED) is 0.734. The largest absolute Gasteiger partial charge is 0.389 e. The molecule has 0 radical (unpaired) electrons. The van der Waals surface area contributed by atoms with Gasteiger partial charge in [0, 0.05) is 25.4 Å². The van der Waals surface area contributed by atoms with Gasteiger partial charge in [0.25, 0.3) is 0 Å². The molecule has 0 bridgehead atoms. The zero-order chi connectivity index (χ0) is 11.9. The highest BCUT2D eigenvalue weighted by Crippen LogP contribution is 2.20. The molecule has 0 aliphatic rings. The zero-order valence-corrected chi connectivity index (χ0v) is 9.00. The number of aromatic nitrogens is 2. The van der Waals surface area contributed by atoms with Gasteiger partial charge in [0.05, 0.1) is 6.33 Å². The van der Waals surface area contributed by atoms with Crippen molar-refractivity contribution in [3.05, 3.63) is 18.7 Å². The van der Waals surface area contributed by atoms with Crippen LogP contribution in [0.2, 0.25) is 0 Å². The molecular weight excluding hydrogens is 219 g/mol. The van der Waals surface area contributed by atoms with Gasteiger partial charge in [-0.05, 0) is 25.9 Å². The summed E-state index contributed by atoms with van der Waals surface area (Å²) in [5.41, 5.74) is 0. The molecule has 0 atom stereocenters. The van der Waals surface area contributed by atoms with Crippen molar-refractivity contribution in [2.75, 3.05) is 13.1 Å². The number of rotatable bonds is 7. The summed E-state index contributed by atoms with van der Waals surface area (Å²) >= 11 is 0. The summed E-state index contributed by atoms with van der Waals surface area (Å²) in [5, 5.41) is 2.99. The van der Waals surface area contributed by atoms with E-state index in [-0.39, 0.29) is 6.42 Å². The van der Waals surface area contributed by atoms with E-state index < -0.39 is 12.6 Å². The van der Waals surface area contributed by atoms with Gasteiger partial charge in [0.1, 0.15) is 0 Å². The van der Waals surface area contributed by atoms with Crippen LogP contribution in [0.15, 0.2) is 18.7 Å². The van der Waals surface area contributed by atoms with E-state index in [4.69, 9.17) is 0 Å². The molecule has 1 N–H and O–H groups in total. The molecule has 0 spiro atoms. The van der Waals surface area contributed by atoms with E-state index in [1.807, 2.05) is 10.8 Å². The number of nitrogens with one attached hydrogen (secondary N) is 1. The minimum Gasteiger partial charge on any atom is -0.337 e. The molecule has 0 unspecified atom stereocenters. The van der Waals surface area contributed by atoms with Gasteiger partial charge in [-0.2, -0.15) is 13.2 Å². The van der Waals surface area contributed by atoms with Crippen LogP contribution in [0.25, 0.3) is 0 Å². The number of halogens is 3. The molecule has 1 aromatic heterocycles. The van der Waals surface area contributed by atoms with Crippen LogP contribution in [0.4, 0.5) is 13.2 Å². The lowest BCUT2D eigenvalue weighted by atomic mass is 10.3. The third kappa shape index (κ3) is 6.44. The maximum absolute atomic E-state index is 11.8. The fourth-order valence-corrected chi connectivity index (χ4v) is 1.34. The predicted octanol–water partition coefficient (Wildman–Crippen LogP) is 2.21. The zero-order valence-electron chi connectivity index (χ0n) is 9.00. The van der Waals surface area contributed by atoms with Crippen molar-refractivity contribution >= 4 is 0 Å². The highest BCUT2D eigenvalue weighted by atomic mass is 19.4. The van der Waals surface area contributed by atoms with Gasteiger partial charge in [-0.1, -0.05) is 0 Å². The average Bonchev–Trinajstić information content (AvgIpc) is 2.67. The average molecular weight is 235 g/mol. The van der Waals surface area contributed by atoms with E-state index in [9.17, 15) is 13.2 Å². The summed E-state index contributed by atoms with van der Waals surface area (Å²) in [6, 6.07) is 0. The normalized spacial score (nSPS) is 11.9. The van der Waals surface area contributed by atoms with Crippen LogP contribution in [-0.2, 0) is 6.54 Å². The van der Waals surface area contributed by atoms with E-state index in [1.54, 1.807) is 12.5 Å². The SMILES string of the molecule is FC(F)(F)CCCNCCCn1ccnc1. The lowest BCUT2D eigenvalue weighted by Gasteiger charge is -2.07. The van der Waals surface area contributed by atoms with E-state index in [0.717, 1.165) is 19.5 Å². The van der Waals surface area contributed by atoms with E-state index in [2.05, 4.69) is 10.3 Å². The van der Waals surface area contributed by atoms with Gasteiger partial charge < -0.3 is 9.88 Å².